The van der Waals surface area contributed by atoms with Crippen LogP contribution in [0, 0.1) is 5.82 Å². The maximum Gasteiger partial charge on any atom is 0.263 e. The van der Waals surface area contributed by atoms with E-state index in [0.29, 0.717) is 6.54 Å². The Morgan fingerprint density at radius 2 is 1.68 bits per heavy atom. The highest BCUT2D eigenvalue weighted by Gasteiger charge is 2.14. The number of halogens is 1. The number of rotatable bonds is 6. The number of nitrogens with zero attached hydrogens (tertiary/aromatic N) is 2. The lowest BCUT2D eigenvalue weighted by Gasteiger charge is -2.09. The topological polar surface area (TPSA) is 84.0 Å². The Bertz CT molecular complexity index is 931. The van der Waals surface area contributed by atoms with Gasteiger partial charge in [-0.1, -0.05) is 0 Å². The summed E-state index contributed by atoms with van der Waals surface area (Å²) in [6.45, 7) is 0.602. The summed E-state index contributed by atoms with van der Waals surface area (Å²) in [5, 5.41) is 3.18. The van der Waals surface area contributed by atoms with E-state index in [-0.39, 0.29) is 10.7 Å². The van der Waals surface area contributed by atoms with E-state index in [1.807, 2.05) is 12.1 Å². The first kappa shape index (κ1) is 16.8. The molecule has 0 aliphatic rings. The zero-order valence-corrected chi connectivity index (χ0v) is 13.9. The van der Waals surface area contributed by atoms with Crippen LogP contribution in [0.25, 0.3) is 0 Å². The molecular formula is C17H15FN4O2S. The number of hydrogen-bond acceptors (Lipinski definition) is 5. The highest BCUT2D eigenvalue weighted by molar-refractivity contribution is 7.92. The molecule has 0 spiro atoms. The number of aromatic nitrogens is 2. The molecule has 0 atom stereocenters. The summed E-state index contributed by atoms with van der Waals surface area (Å²) in [7, 11) is -3.80. The van der Waals surface area contributed by atoms with Crippen molar-refractivity contribution in [3.63, 3.8) is 0 Å². The maximum absolute atomic E-state index is 12.9. The number of nitrogens with one attached hydrogen (secondary N) is 2. The summed E-state index contributed by atoms with van der Waals surface area (Å²) in [6.07, 6.45) is 4.95. The third kappa shape index (κ3) is 4.51. The lowest BCUT2D eigenvalue weighted by molar-refractivity contribution is 0.599. The standard InChI is InChI=1S/C17H15FN4O2S/c18-14-1-4-16(5-2-14)25(23,24)22-17-6-3-15(12-21-17)20-11-13-7-9-19-10-8-13/h1-10,12,20H,11H2,(H,21,22). The first-order valence-electron chi connectivity index (χ1n) is 7.40. The van der Waals surface area contributed by atoms with Crippen molar-refractivity contribution >= 4 is 21.5 Å². The van der Waals surface area contributed by atoms with Gasteiger partial charge in [0.15, 0.2) is 0 Å². The quantitative estimate of drug-likeness (QED) is 0.708. The van der Waals surface area contributed by atoms with Gasteiger partial charge in [0.25, 0.3) is 10.0 Å². The zero-order chi connectivity index (χ0) is 17.7. The van der Waals surface area contributed by atoms with Crippen molar-refractivity contribution in [3.05, 3.63) is 78.5 Å². The average Bonchev–Trinajstić information content (AvgIpc) is 2.62. The van der Waals surface area contributed by atoms with Gasteiger partial charge in [-0.25, -0.2) is 17.8 Å². The summed E-state index contributed by atoms with van der Waals surface area (Å²) in [5.41, 5.74) is 1.82. The fraction of sp³-hybridized carbons (Fsp3) is 0.0588. The fourth-order valence-electron chi connectivity index (χ4n) is 2.07. The first-order valence-corrected chi connectivity index (χ1v) is 8.88. The van der Waals surface area contributed by atoms with E-state index in [1.165, 1.54) is 18.3 Å². The minimum absolute atomic E-state index is 0.0319. The molecule has 2 aromatic heterocycles. The van der Waals surface area contributed by atoms with Crippen LogP contribution in [-0.4, -0.2) is 18.4 Å². The van der Waals surface area contributed by atoms with Crippen LogP contribution in [0.15, 0.2) is 72.0 Å². The Labute approximate surface area is 144 Å². The second kappa shape index (κ2) is 7.27. The second-order valence-electron chi connectivity index (χ2n) is 5.20. The van der Waals surface area contributed by atoms with Crippen LogP contribution in [-0.2, 0) is 16.6 Å². The van der Waals surface area contributed by atoms with Crippen LogP contribution in [0.4, 0.5) is 15.9 Å². The normalized spacial score (nSPS) is 11.1. The van der Waals surface area contributed by atoms with E-state index in [4.69, 9.17) is 0 Å². The number of benzene rings is 1. The van der Waals surface area contributed by atoms with Crippen molar-refractivity contribution in [2.75, 3.05) is 10.0 Å². The van der Waals surface area contributed by atoms with Gasteiger partial charge >= 0.3 is 0 Å². The first-order chi connectivity index (χ1) is 12.0. The van der Waals surface area contributed by atoms with Crippen molar-refractivity contribution in [1.82, 2.24) is 9.97 Å². The highest BCUT2D eigenvalue weighted by Crippen LogP contribution is 2.16. The van der Waals surface area contributed by atoms with E-state index >= 15 is 0 Å². The number of anilines is 2. The molecule has 0 bridgehead atoms. The van der Waals surface area contributed by atoms with Crippen LogP contribution < -0.4 is 10.0 Å². The monoisotopic (exact) mass is 358 g/mol. The molecule has 3 rings (SSSR count). The molecule has 0 aliphatic heterocycles. The van der Waals surface area contributed by atoms with Gasteiger partial charge < -0.3 is 5.32 Å². The molecule has 128 valence electrons. The van der Waals surface area contributed by atoms with Gasteiger partial charge in [-0.05, 0) is 54.1 Å². The molecular weight excluding hydrogens is 343 g/mol. The summed E-state index contributed by atoms with van der Waals surface area (Å²) >= 11 is 0. The summed E-state index contributed by atoms with van der Waals surface area (Å²) in [6, 6.07) is 11.6. The minimum atomic E-state index is -3.80. The maximum atomic E-state index is 12.9. The SMILES string of the molecule is O=S(=O)(Nc1ccc(NCc2ccncc2)cn1)c1ccc(F)cc1. The summed E-state index contributed by atoms with van der Waals surface area (Å²) in [5.74, 6) is -0.319. The van der Waals surface area contributed by atoms with E-state index in [2.05, 4.69) is 20.0 Å². The van der Waals surface area contributed by atoms with Crippen molar-refractivity contribution in [1.29, 1.82) is 0 Å². The van der Waals surface area contributed by atoms with Crippen LogP contribution in [0.1, 0.15) is 5.56 Å². The molecule has 2 N–H and O–H groups in total. The van der Waals surface area contributed by atoms with Gasteiger partial charge in [0.2, 0.25) is 0 Å². The third-order valence-corrected chi connectivity index (χ3v) is 4.74. The van der Waals surface area contributed by atoms with Crippen LogP contribution in [0.3, 0.4) is 0 Å². The molecule has 6 nitrogen and oxygen atoms in total. The van der Waals surface area contributed by atoms with E-state index < -0.39 is 15.8 Å². The average molecular weight is 358 g/mol. The van der Waals surface area contributed by atoms with E-state index in [1.54, 1.807) is 24.5 Å². The van der Waals surface area contributed by atoms with Gasteiger partial charge in [-0.3, -0.25) is 9.71 Å². The van der Waals surface area contributed by atoms with Crippen molar-refractivity contribution in [2.45, 2.75) is 11.4 Å². The van der Waals surface area contributed by atoms with E-state index in [0.717, 1.165) is 23.4 Å². The lowest BCUT2D eigenvalue weighted by atomic mass is 10.2. The molecule has 0 radical (unpaired) electrons. The highest BCUT2D eigenvalue weighted by atomic mass is 32.2. The second-order valence-corrected chi connectivity index (χ2v) is 6.88. The van der Waals surface area contributed by atoms with Crippen molar-refractivity contribution in [3.8, 4) is 0 Å². The molecule has 25 heavy (non-hydrogen) atoms. The third-order valence-electron chi connectivity index (χ3n) is 3.37. The minimum Gasteiger partial charge on any atom is -0.380 e. The van der Waals surface area contributed by atoms with Crippen LogP contribution in [0.2, 0.25) is 0 Å². The number of sulfonamides is 1. The predicted octanol–water partition coefficient (Wildman–Crippen LogP) is 3.03. The Morgan fingerprint density at radius 3 is 2.32 bits per heavy atom. The molecule has 0 saturated carbocycles. The molecule has 1 aromatic carbocycles. The molecule has 2 heterocycles. The number of pyridine rings is 2. The van der Waals surface area contributed by atoms with E-state index in [9.17, 15) is 12.8 Å². The zero-order valence-electron chi connectivity index (χ0n) is 13.1. The largest absolute Gasteiger partial charge is 0.380 e. The van der Waals surface area contributed by atoms with Gasteiger partial charge in [0, 0.05) is 18.9 Å². The molecule has 0 amide bonds. The van der Waals surface area contributed by atoms with Crippen molar-refractivity contribution in [2.24, 2.45) is 0 Å². The molecule has 0 saturated heterocycles. The van der Waals surface area contributed by atoms with Gasteiger partial charge in [0.1, 0.15) is 11.6 Å². The Kier molecular flexibility index (Phi) is 4.90. The fourth-order valence-corrected chi connectivity index (χ4v) is 3.08. The Hall–Kier alpha value is -3.00. The predicted molar refractivity (Wildman–Crippen MR) is 93.0 cm³/mol. The van der Waals surface area contributed by atoms with Crippen LogP contribution in [0.5, 0.6) is 0 Å². The van der Waals surface area contributed by atoms with Crippen molar-refractivity contribution < 1.29 is 12.8 Å². The molecule has 3 aromatic rings. The molecule has 0 aliphatic carbocycles. The summed E-state index contributed by atoms with van der Waals surface area (Å²) < 4.78 is 39.7. The summed E-state index contributed by atoms with van der Waals surface area (Å²) in [4.78, 5) is 8.00. The number of hydrogen-bond donors (Lipinski definition) is 2. The van der Waals surface area contributed by atoms with Gasteiger partial charge in [-0.2, -0.15) is 0 Å². The molecule has 0 fully saturated rings. The lowest BCUT2D eigenvalue weighted by Crippen LogP contribution is -2.14. The Morgan fingerprint density at radius 1 is 0.960 bits per heavy atom. The van der Waals surface area contributed by atoms with Gasteiger partial charge in [-0.15, -0.1) is 0 Å². The molecule has 0 unspecified atom stereocenters. The Balaban J connectivity index is 1.65. The van der Waals surface area contributed by atoms with Crippen LogP contribution >= 0.6 is 0 Å². The van der Waals surface area contributed by atoms with Gasteiger partial charge in [0.05, 0.1) is 16.8 Å². The smallest absolute Gasteiger partial charge is 0.263 e. The molecule has 8 heteroatoms.